The highest BCUT2D eigenvalue weighted by Crippen LogP contribution is 2.22. The van der Waals surface area contributed by atoms with E-state index in [1.165, 1.54) is 6.92 Å². The molecule has 0 radical (unpaired) electrons. The van der Waals surface area contributed by atoms with Crippen molar-refractivity contribution in [2.75, 3.05) is 0 Å². The number of nitro groups is 1. The Balaban J connectivity index is 3.38. The van der Waals surface area contributed by atoms with Crippen molar-refractivity contribution in [3.8, 4) is 0 Å². The van der Waals surface area contributed by atoms with Crippen LogP contribution in [0.1, 0.15) is 5.56 Å². The lowest BCUT2D eigenvalue weighted by Gasteiger charge is -1.96. The van der Waals surface area contributed by atoms with Crippen molar-refractivity contribution in [3.05, 3.63) is 39.4 Å². The topological polar surface area (TPSA) is 43.1 Å². The normalized spacial score (nSPS) is 9.92. The zero-order valence-electron chi connectivity index (χ0n) is 6.17. The third-order valence-electron chi connectivity index (χ3n) is 1.34. The van der Waals surface area contributed by atoms with Gasteiger partial charge < -0.3 is 0 Å². The maximum absolute atomic E-state index is 12.7. The zero-order chi connectivity index (χ0) is 9.30. The Morgan fingerprint density at radius 1 is 1.33 bits per heavy atom. The van der Waals surface area contributed by atoms with E-state index in [9.17, 15) is 18.9 Å². The quantitative estimate of drug-likeness (QED) is 0.482. The van der Waals surface area contributed by atoms with Gasteiger partial charge in [-0.25, -0.2) is 0 Å². The van der Waals surface area contributed by atoms with E-state index in [-0.39, 0.29) is 0 Å². The van der Waals surface area contributed by atoms with Crippen LogP contribution in [-0.2, 0) is 0 Å². The third kappa shape index (κ3) is 1.39. The molecule has 0 unspecified atom stereocenters. The summed E-state index contributed by atoms with van der Waals surface area (Å²) in [6, 6.07) is 1.84. The molecule has 12 heavy (non-hydrogen) atoms. The monoisotopic (exact) mass is 173 g/mol. The van der Waals surface area contributed by atoms with Crippen molar-refractivity contribution >= 4 is 5.69 Å². The van der Waals surface area contributed by atoms with Gasteiger partial charge in [-0.3, -0.25) is 10.1 Å². The van der Waals surface area contributed by atoms with Crippen LogP contribution in [0.2, 0.25) is 0 Å². The molecule has 0 fully saturated rings. The van der Waals surface area contributed by atoms with Crippen LogP contribution in [0.25, 0.3) is 0 Å². The highest BCUT2D eigenvalue weighted by Gasteiger charge is 2.20. The lowest BCUT2D eigenvalue weighted by Crippen LogP contribution is -1.97. The van der Waals surface area contributed by atoms with Gasteiger partial charge in [0, 0.05) is 0 Å². The van der Waals surface area contributed by atoms with Crippen LogP contribution in [0.3, 0.4) is 0 Å². The first-order valence-corrected chi connectivity index (χ1v) is 3.12. The summed E-state index contributed by atoms with van der Waals surface area (Å²) in [5, 5.41) is 10.1. The van der Waals surface area contributed by atoms with E-state index in [1.807, 2.05) is 0 Å². The number of hydrogen-bond donors (Lipinski definition) is 0. The Hall–Kier alpha value is -1.52. The lowest BCUT2D eigenvalue weighted by molar-refractivity contribution is -0.390. The van der Waals surface area contributed by atoms with Gasteiger partial charge in [0.2, 0.25) is 11.6 Å². The molecule has 0 atom stereocenters. The van der Waals surface area contributed by atoms with Gasteiger partial charge in [-0.1, -0.05) is 0 Å². The van der Waals surface area contributed by atoms with Crippen LogP contribution < -0.4 is 0 Å². The zero-order valence-corrected chi connectivity index (χ0v) is 6.17. The second-order valence-corrected chi connectivity index (χ2v) is 2.33. The minimum atomic E-state index is -1.14. The average molecular weight is 173 g/mol. The number of nitrogens with zero attached hydrogens (tertiary/aromatic N) is 1. The highest BCUT2D eigenvalue weighted by molar-refractivity contribution is 5.36. The van der Waals surface area contributed by atoms with Gasteiger partial charge in [-0.2, -0.15) is 8.78 Å². The summed E-state index contributed by atoms with van der Waals surface area (Å²) in [4.78, 5) is 9.00. The Morgan fingerprint density at radius 2 is 1.75 bits per heavy atom. The third-order valence-corrected chi connectivity index (χ3v) is 1.34. The van der Waals surface area contributed by atoms with E-state index in [0.29, 0.717) is 5.56 Å². The summed E-state index contributed by atoms with van der Waals surface area (Å²) in [7, 11) is 0. The summed E-state index contributed by atoms with van der Waals surface area (Å²) >= 11 is 0. The summed E-state index contributed by atoms with van der Waals surface area (Å²) in [6.45, 7) is 1.45. The Kier molecular flexibility index (Phi) is 2.03. The van der Waals surface area contributed by atoms with Crippen molar-refractivity contribution in [3.63, 3.8) is 0 Å². The minimum absolute atomic E-state index is 0.315. The van der Waals surface area contributed by atoms with Gasteiger partial charge in [-0.15, -0.1) is 0 Å². The second kappa shape index (κ2) is 2.84. The molecule has 0 bridgehead atoms. The maximum Gasteiger partial charge on any atom is 0.340 e. The molecule has 0 amide bonds. The molecular formula is C7H5F2NO2. The first kappa shape index (κ1) is 8.58. The molecule has 0 aliphatic heterocycles. The predicted molar refractivity (Wildman–Crippen MR) is 37.7 cm³/mol. The van der Waals surface area contributed by atoms with Crippen molar-refractivity contribution in [2.24, 2.45) is 0 Å². The van der Waals surface area contributed by atoms with Crippen molar-refractivity contribution in [1.29, 1.82) is 0 Å². The first-order valence-electron chi connectivity index (χ1n) is 3.12. The molecule has 5 heteroatoms. The molecule has 3 nitrogen and oxygen atoms in total. The van der Waals surface area contributed by atoms with Gasteiger partial charge in [0.25, 0.3) is 0 Å². The standard InChI is InChI=1S/C7H5F2NO2/c1-4-2-5(8)7(10(11)12)6(9)3-4/h2-3H,1H3. The van der Waals surface area contributed by atoms with E-state index in [0.717, 1.165) is 12.1 Å². The van der Waals surface area contributed by atoms with Gasteiger partial charge in [0.1, 0.15) is 0 Å². The molecule has 0 saturated heterocycles. The van der Waals surface area contributed by atoms with E-state index in [4.69, 9.17) is 0 Å². The molecule has 0 N–H and O–H groups in total. The van der Waals surface area contributed by atoms with Gasteiger partial charge in [-0.05, 0) is 24.6 Å². The van der Waals surface area contributed by atoms with Crippen molar-refractivity contribution in [1.82, 2.24) is 0 Å². The summed E-state index contributed by atoms with van der Waals surface area (Å²) in [5.41, 5.74) is -0.781. The maximum atomic E-state index is 12.7. The Bertz CT molecular complexity index is 315. The highest BCUT2D eigenvalue weighted by atomic mass is 19.1. The number of nitro benzene ring substituents is 1. The second-order valence-electron chi connectivity index (χ2n) is 2.33. The van der Waals surface area contributed by atoms with Crippen LogP contribution in [0, 0.1) is 28.7 Å². The van der Waals surface area contributed by atoms with Crippen LogP contribution in [-0.4, -0.2) is 4.92 Å². The SMILES string of the molecule is Cc1cc(F)c([N+](=O)[O-])c(F)c1. The van der Waals surface area contributed by atoms with Crippen molar-refractivity contribution in [2.45, 2.75) is 6.92 Å². The number of benzene rings is 1. The Labute approximate surface area is 66.8 Å². The van der Waals surface area contributed by atoms with E-state index in [2.05, 4.69) is 0 Å². The smallest absolute Gasteiger partial charge is 0.258 e. The summed E-state index contributed by atoms with van der Waals surface area (Å²) < 4.78 is 25.4. The largest absolute Gasteiger partial charge is 0.340 e. The molecule has 1 rings (SSSR count). The molecule has 64 valence electrons. The predicted octanol–water partition coefficient (Wildman–Crippen LogP) is 2.18. The lowest BCUT2D eigenvalue weighted by atomic mass is 10.2. The van der Waals surface area contributed by atoms with Gasteiger partial charge >= 0.3 is 5.69 Å². The van der Waals surface area contributed by atoms with Crippen LogP contribution in [0.5, 0.6) is 0 Å². The minimum Gasteiger partial charge on any atom is -0.258 e. The molecule has 1 aromatic carbocycles. The fraction of sp³-hybridized carbons (Fsp3) is 0.143. The van der Waals surface area contributed by atoms with Crippen LogP contribution >= 0.6 is 0 Å². The molecule has 0 aliphatic rings. The summed E-state index contributed by atoms with van der Waals surface area (Å²) in [6.07, 6.45) is 0. The number of aryl methyl sites for hydroxylation is 1. The molecule has 0 aromatic heterocycles. The summed E-state index contributed by atoms with van der Waals surface area (Å²) in [5.74, 6) is -2.28. The van der Waals surface area contributed by atoms with E-state index in [1.54, 1.807) is 0 Å². The molecular weight excluding hydrogens is 168 g/mol. The van der Waals surface area contributed by atoms with Gasteiger partial charge in [0.05, 0.1) is 4.92 Å². The Morgan fingerprint density at radius 3 is 2.08 bits per heavy atom. The molecule has 0 aliphatic carbocycles. The fourth-order valence-electron chi connectivity index (χ4n) is 0.867. The number of rotatable bonds is 1. The average Bonchev–Trinajstić information content (AvgIpc) is 1.82. The molecule has 0 heterocycles. The number of hydrogen-bond acceptors (Lipinski definition) is 2. The van der Waals surface area contributed by atoms with E-state index >= 15 is 0 Å². The van der Waals surface area contributed by atoms with Crippen molar-refractivity contribution < 1.29 is 13.7 Å². The molecule has 1 aromatic rings. The van der Waals surface area contributed by atoms with E-state index < -0.39 is 22.2 Å². The fourth-order valence-corrected chi connectivity index (χ4v) is 0.867. The van der Waals surface area contributed by atoms with Crippen LogP contribution in [0.15, 0.2) is 12.1 Å². The first-order chi connectivity index (χ1) is 5.52. The van der Waals surface area contributed by atoms with Gasteiger partial charge in [0.15, 0.2) is 0 Å². The molecule has 0 spiro atoms. The van der Waals surface area contributed by atoms with Crippen LogP contribution in [0.4, 0.5) is 14.5 Å². The molecule has 0 saturated carbocycles. The number of halogens is 2.